The summed E-state index contributed by atoms with van der Waals surface area (Å²) in [5, 5.41) is 0. The van der Waals surface area contributed by atoms with Crippen LogP contribution in [-0.4, -0.2) is 12.4 Å². The summed E-state index contributed by atoms with van der Waals surface area (Å²) in [5.41, 5.74) is 1.02. The predicted octanol–water partition coefficient (Wildman–Crippen LogP) is 3.07. The van der Waals surface area contributed by atoms with E-state index in [2.05, 4.69) is 38.1 Å². The lowest BCUT2D eigenvalue weighted by atomic mass is 9.89. The highest BCUT2D eigenvalue weighted by atomic mass is 16.7. The molecule has 1 heterocycles. The minimum atomic E-state index is -0.210. The van der Waals surface area contributed by atoms with Gasteiger partial charge in [-0.2, -0.15) is 0 Å². The van der Waals surface area contributed by atoms with Gasteiger partial charge in [0.1, 0.15) is 0 Å². The van der Waals surface area contributed by atoms with E-state index in [4.69, 9.17) is 9.47 Å². The van der Waals surface area contributed by atoms with E-state index in [-0.39, 0.29) is 18.0 Å². The lowest BCUT2D eigenvalue weighted by Gasteiger charge is -2.41. The highest BCUT2D eigenvalue weighted by molar-refractivity contribution is 5.22. The minimum Gasteiger partial charge on any atom is -0.350 e. The third kappa shape index (κ3) is 2.21. The largest absolute Gasteiger partial charge is 0.350 e. The fourth-order valence-corrected chi connectivity index (χ4v) is 2.34. The average molecular weight is 206 g/mol. The Labute approximate surface area is 91.2 Å². The SMILES string of the molecule is C[C@@H]1O[C@@H](C)CC(C)(c2ccccc2)O1. The molecule has 0 spiro atoms. The summed E-state index contributed by atoms with van der Waals surface area (Å²) < 4.78 is 11.5. The van der Waals surface area contributed by atoms with Crippen LogP contribution in [0.2, 0.25) is 0 Å². The van der Waals surface area contributed by atoms with E-state index < -0.39 is 0 Å². The molecule has 0 aliphatic carbocycles. The molecule has 1 unspecified atom stereocenters. The summed E-state index contributed by atoms with van der Waals surface area (Å²) in [7, 11) is 0. The van der Waals surface area contributed by atoms with Crippen molar-refractivity contribution in [2.75, 3.05) is 0 Å². The molecule has 1 aliphatic rings. The highest BCUT2D eigenvalue weighted by Gasteiger charge is 2.36. The van der Waals surface area contributed by atoms with E-state index in [1.807, 2.05) is 13.0 Å². The predicted molar refractivity (Wildman–Crippen MR) is 59.5 cm³/mol. The second-order valence-corrected chi connectivity index (χ2v) is 4.43. The zero-order valence-electron chi connectivity index (χ0n) is 9.57. The van der Waals surface area contributed by atoms with Crippen molar-refractivity contribution in [1.82, 2.24) is 0 Å². The van der Waals surface area contributed by atoms with Crippen LogP contribution in [0.15, 0.2) is 30.3 Å². The van der Waals surface area contributed by atoms with Crippen LogP contribution in [-0.2, 0) is 15.1 Å². The third-order valence-electron chi connectivity index (χ3n) is 2.91. The van der Waals surface area contributed by atoms with Crippen molar-refractivity contribution in [1.29, 1.82) is 0 Å². The molecular formula is C13H18O2. The molecule has 0 saturated carbocycles. The van der Waals surface area contributed by atoms with Crippen molar-refractivity contribution < 1.29 is 9.47 Å². The molecule has 0 amide bonds. The summed E-state index contributed by atoms with van der Waals surface area (Å²) in [4.78, 5) is 0. The van der Waals surface area contributed by atoms with E-state index in [1.54, 1.807) is 0 Å². The van der Waals surface area contributed by atoms with Gasteiger partial charge in [-0.05, 0) is 26.3 Å². The number of ether oxygens (including phenoxy) is 2. The Morgan fingerprint density at radius 3 is 2.47 bits per heavy atom. The second kappa shape index (κ2) is 3.95. The molecule has 1 aromatic carbocycles. The van der Waals surface area contributed by atoms with Crippen molar-refractivity contribution in [3.8, 4) is 0 Å². The Morgan fingerprint density at radius 2 is 1.87 bits per heavy atom. The topological polar surface area (TPSA) is 18.5 Å². The first-order valence-electron chi connectivity index (χ1n) is 5.49. The smallest absolute Gasteiger partial charge is 0.156 e. The molecule has 2 heteroatoms. The van der Waals surface area contributed by atoms with E-state index in [1.165, 1.54) is 5.56 Å². The van der Waals surface area contributed by atoms with Crippen LogP contribution in [0.25, 0.3) is 0 Å². The van der Waals surface area contributed by atoms with Gasteiger partial charge in [-0.15, -0.1) is 0 Å². The van der Waals surface area contributed by atoms with Crippen LogP contribution in [0, 0.1) is 0 Å². The van der Waals surface area contributed by atoms with Crippen molar-refractivity contribution in [3.05, 3.63) is 35.9 Å². The first-order chi connectivity index (χ1) is 7.10. The van der Waals surface area contributed by atoms with Gasteiger partial charge in [0.2, 0.25) is 0 Å². The Hall–Kier alpha value is -0.860. The van der Waals surface area contributed by atoms with Crippen molar-refractivity contribution in [2.45, 2.75) is 45.2 Å². The minimum absolute atomic E-state index is 0.126. The molecule has 3 atom stereocenters. The number of hydrogen-bond acceptors (Lipinski definition) is 2. The number of hydrogen-bond donors (Lipinski definition) is 0. The van der Waals surface area contributed by atoms with Crippen LogP contribution >= 0.6 is 0 Å². The molecule has 2 nitrogen and oxygen atoms in total. The first-order valence-corrected chi connectivity index (χ1v) is 5.49. The van der Waals surface area contributed by atoms with E-state index >= 15 is 0 Å². The summed E-state index contributed by atoms with van der Waals surface area (Å²) >= 11 is 0. The summed E-state index contributed by atoms with van der Waals surface area (Å²) in [6, 6.07) is 10.4. The van der Waals surface area contributed by atoms with Gasteiger partial charge >= 0.3 is 0 Å². The summed E-state index contributed by atoms with van der Waals surface area (Å²) in [6.45, 7) is 6.19. The zero-order valence-corrected chi connectivity index (χ0v) is 9.57. The van der Waals surface area contributed by atoms with Gasteiger partial charge in [0.15, 0.2) is 6.29 Å². The van der Waals surface area contributed by atoms with Crippen molar-refractivity contribution >= 4 is 0 Å². The maximum atomic E-state index is 5.91. The molecule has 1 saturated heterocycles. The van der Waals surface area contributed by atoms with E-state index in [0.717, 1.165) is 6.42 Å². The zero-order chi connectivity index (χ0) is 10.9. The van der Waals surface area contributed by atoms with Gasteiger partial charge in [0, 0.05) is 6.42 Å². The molecule has 1 aromatic rings. The number of benzene rings is 1. The summed E-state index contributed by atoms with van der Waals surface area (Å²) in [5.74, 6) is 0. The average Bonchev–Trinajstić information content (AvgIpc) is 2.17. The van der Waals surface area contributed by atoms with Gasteiger partial charge in [-0.25, -0.2) is 0 Å². The Bertz CT molecular complexity index is 311. The normalized spacial score (nSPS) is 36.5. The molecule has 1 aliphatic heterocycles. The molecular weight excluding hydrogens is 188 g/mol. The van der Waals surface area contributed by atoms with Crippen LogP contribution in [0.5, 0.6) is 0 Å². The highest BCUT2D eigenvalue weighted by Crippen LogP contribution is 2.36. The van der Waals surface area contributed by atoms with Gasteiger partial charge < -0.3 is 9.47 Å². The third-order valence-corrected chi connectivity index (χ3v) is 2.91. The standard InChI is InChI=1S/C13H18O2/c1-10-9-13(3,15-11(2)14-10)12-7-5-4-6-8-12/h4-8,10-11H,9H2,1-3H3/t10-,11+,13?/m0/s1. The van der Waals surface area contributed by atoms with Gasteiger partial charge in [0.25, 0.3) is 0 Å². The Balaban J connectivity index is 2.26. The Kier molecular flexibility index (Phi) is 2.81. The maximum absolute atomic E-state index is 5.91. The fraction of sp³-hybridized carbons (Fsp3) is 0.538. The maximum Gasteiger partial charge on any atom is 0.156 e. The molecule has 15 heavy (non-hydrogen) atoms. The van der Waals surface area contributed by atoms with Crippen molar-refractivity contribution in [2.24, 2.45) is 0 Å². The molecule has 0 aromatic heterocycles. The second-order valence-electron chi connectivity index (χ2n) is 4.43. The molecule has 2 rings (SSSR count). The number of rotatable bonds is 1. The van der Waals surface area contributed by atoms with E-state index in [0.29, 0.717) is 0 Å². The first kappa shape index (κ1) is 10.7. The molecule has 1 fully saturated rings. The molecule has 0 N–H and O–H groups in total. The van der Waals surface area contributed by atoms with Crippen LogP contribution in [0.4, 0.5) is 0 Å². The van der Waals surface area contributed by atoms with Crippen LogP contribution in [0.3, 0.4) is 0 Å². The van der Waals surface area contributed by atoms with Gasteiger partial charge in [-0.3, -0.25) is 0 Å². The Morgan fingerprint density at radius 1 is 1.20 bits per heavy atom. The monoisotopic (exact) mass is 206 g/mol. The summed E-state index contributed by atoms with van der Waals surface area (Å²) in [6.07, 6.45) is 1.03. The lowest BCUT2D eigenvalue weighted by Crippen LogP contribution is -2.41. The lowest BCUT2D eigenvalue weighted by molar-refractivity contribution is -0.270. The fourth-order valence-electron chi connectivity index (χ4n) is 2.34. The van der Waals surface area contributed by atoms with Crippen LogP contribution in [0.1, 0.15) is 32.8 Å². The van der Waals surface area contributed by atoms with Crippen LogP contribution < -0.4 is 0 Å². The molecule has 0 radical (unpaired) electrons. The van der Waals surface area contributed by atoms with Gasteiger partial charge in [0.05, 0.1) is 11.7 Å². The van der Waals surface area contributed by atoms with E-state index in [9.17, 15) is 0 Å². The van der Waals surface area contributed by atoms with Crippen molar-refractivity contribution in [3.63, 3.8) is 0 Å². The van der Waals surface area contributed by atoms with Gasteiger partial charge in [-0.1, -0.05) is 30.3 Å². The quantitative estimate of drug-likeness (QED) is 0.703. The molecule has 0 bridgehead atoms. The molecule has 82 valence electrons.